The topological polar surface area (TPSA) is 35.5 Å². The highest BCUT2D eigenvalue weighted by Gasteiger charge is 2.09. The van der Waals surface area contributed by atoms with Crippen LogP contribution in [0.3, 0.4) is 0 Å². The summed E-state index contributed by atoms with van der Waals surface area (Å²) in [5, 5.41) is 0. The molecule has 28 heavy (non-hydrogen) atoms. The lowest BCUT2D eigenvalue weighted by atomic mass is 9.91. The Kier molecular flexibility index (Phi) is 16.6. The monoisotopic (exact) mass is 396 g/mol. The second-order valence-corrected chi connectivity index (χ2v) is 9.44. The van der Waals surface area contributed by atoms with E-state index in [1.165, 1.54) is 64.9 Å². The second kappa shape index (κ2) is 17.1. The van der Waals surface area contributed by atoms with Gasteiger partial charge in [-0.25, -0.2) is 4.79 Å². The molecule has 0 N–H and O–H groups in total. The minimum Gasteiger partial charge on any atom is -0.466 e. The maximum Gasteiger partial charge on any atom is 0.335 e. The van der Waals surface area contributed by atoms with Crippen molar-refractivity contribution in [3.63, 3.8) is 0 Å². The van der Waals surface area contributed by atoms with E-state index in [-0.39, 0.29) is 12.6 Å². The van der Waals surface area contributed by atoms with Gasteiger partial charge in [0, 0.05) is 6.61 Å². The molecule has 3 heteroatoms. The van der Waals surface area contributed by atoms with Crippen molar-refractivity contribution in [2.24, 2.45) is 23.7 Å². The van der Waals surface area contributed by atoms with Crippen molar-refractivity contribution in [2.45, 2.75) is 98.8 Å². The molecule has 0 bridgehead atoms. The van der Waals surface area contributed by atoms with Crippen molar-refractivity contribution in [3.8, 4) is 0 Å². The molecule has 3 atom stereocenters. The summed E-state index contributed by atoms with van der Waals surface area (Å²) in [5.41, 5.74) is 0.387. The van der Waals surface area contributed by atoms with Crippen LogP contribution in [0.25, 0.3) is 0 Å². The summed E-state index contributed by atoms with van der Waals surface area (Å²) in [5.74, 6) is 2.86. The standard InChI is InChI=1S/C25H48O3/c1-20(2)11-8-12-21(3)13-9-14-22(4)15-10-16-23(5)17-18-28-19-24(6)25(26)27-7/h20-23H,6,8-19H2,1-5,7H3. The number of esters is 1. The third-order valence-corrected chi connectivity index (χ3v) is 5.77. The van der Waals surface area contributed by atoms with E-state index in [4.69, 9.17) is 4.74 Å². The highest BCUT2D eigenvalue weighted by atomic mass is 16.5. The number of carbonyl (C=O) groups excluding carboxylic acids is 1. The first-order chi connectivity index (χ1) is 13.3. The van der Waals surface area contributed by atoms with Crippen molar-refractivity contribution in [2.75, 3.05) is 20.3 Å². The maximum absolute atomic E-state index is 11.2. The number of hydrogen-bond donors (Lipinski definition) is 0. The molecule has 0 spiro atoms. The van der Waals surface area contributed by atoms with Crippen molar-refractivity contribution in [1.82, 2.24) is 0 Å². The van der Waals surface area contributed by atoms with Gasteiger partial charge in [-0.05, 0) is 30.1 Å². The smallest absolute Gasteiger partial charge is 0.335 e. The fraction of sp³-hybridized carbons (Fsp3) is 0.880. The van der Waals surface area contributed by atoms with Gasteiger partial charge in [0.25, 0.3) is 0 Å². The van der Waals surface area contributed by atoms with Gasteiger partial charge < -0.3 is 9.47 Å². The van der Waals surface area contributed by atoms with Crippen LogP contribution < -0.4 is 0 Å². The highest BCUT2D eigenvalue weighted by molar-refractivity contribution is 5.87. The third kappa shape index (κ3) is 16.2. The molecular formula is C25H48O3. The van der Waals surface area contributed by atoms with E-state index in [0.717, 1.165) is 24.2 Å². The van der Waals surface area contributed by atoms with Crippen LogP contribution in [0, 0.1) is 23.7 Å². The summed E-state index contributed by atoms with van der Waals surface area (Å²) in [6, 6.07) is 0. The van der Waals surface area contributed by atoms with Gasteiger partial charge in [0.1, 0.15) is 0 Å². The molecule has 0 radical (unpaired) electrons. The molecule has 0 aromatic heterocycles. The molecule has 0 aliphatic carbocycles. The van der Waals surface area contributed by atoms with Crippen LogP contribution in [-0.4, -0.2) is 26.3 Å². The summed E-state index contributed by atoms with van der Waals surface area (Å²) in [6.07, 6.45) is 13.3. The molecule has 0 aliphatic rings. The lowest BCUT2D eigenvalue weighted by molar-refractivity contribution is -0.136. The van der Waals surface area contributed by atoms with Crippen LogP contribution in [0.5, 0.6) is 0 Å². The first kappa shape index (κ1) is 27.2. The molecule has 0 saturated heterocycles. The first-order valence-corrected chi connectivity index (χ1v) is 11.6. The van der Waals surface area contributed by atoms with Crippen LogP contribution in [0.15, 0.2) is 12.2 Å². The Bertz CT molecular complexity index is 403. The zero-order valence-electron chi connectivity index (χ0n) is 19.7. The summed E-state index contributed by atoms with van der Waals surface area (Å²) >= 11 is 0. The van der Waals surface area contributed by atoms with Crippen molar-refractivity contribution in [1.29, 1.82) is 0 Å². The van der Waals surface area contributed by atoms with Gasteiger partial charge >= 0.3 is 5.97 Å². The van der Waals surface area contributed by atoms with Gasteiger partial charge in [-0.3, -0.25) is 0 Å². The van der Waals surface area contributed by atoms with Gasteiger partial charge in [0.05, 0.1) is 19.3 Å². The summed E-state index contributed by atoms with van der Waals surface area (Å²) < 4.78 is 10.1. The number of hydrogen-bond acceptors (Lipinski definition) is 3. The van der Waals surface area contributed by atoms with E-state index >= 15 is 0 Å². The molecule has 3 nitrogen and oxygen atoms in total. The zero-order chi connectivity index (χ0) is 21.4. The van der Waals surface area contributed by atoms with Gasteiger partial charge in [-0.15, -0.1) is 0 Å². The van der Waals surface area contributed by atoms with Crippen LogP contribution in [0.2, 0.25) is 0 Å². The minimum absolute atomic E-state index is 0.270. The fourth-order valence-corrected chi connectivity index (χ4v) is 3.62. The molecule has 0 fully saturated rings. The van der Waals surface area contributed by atoms with Gasteiger partial charge in [0.2, 0.25) is 0 Å². The van der Waals surface area contributed by atoms with Gasteiger partial charge in [-0.1, -0.05) is 99.0 Å². The van der Waals surface area contributed by atoms with E-state index in [0.29, 0.717) is 18.1 Å². The third-order valence-electron chi connectivity index (χ3n) is 5.77. The molecule has 0 aromatic rings. The minimum atomic E-state index is -0.382. The number of methoxy groups -OCH3 is 1. The van der Waals surface area contributed by atoms with Crippen LogP contribution >= 0.6 is 0 Å². The molecule has 0 aliphatic heterocycles. The van der Waals surface area contributed by atoms with Crippen LogP contribution in [0.1, 0.15) is 98.8 Å². The summed E-state index contributed by atoms with van der Waals surface area (Å²) in [6.45, 7) is 16.4. The Labute approximate surface area is 175 Å². The molecule has 166 valence electrons. The van der Waals surface area contributed by atoms with Crippen molar-refractivity contribution < 1.29 is 14.3 Å². The molecule has 3 unspecified atom stereocenters. The predicted octanol–water partition coefficient (Wildman–Crippen LogP) is 7.20. The van der Waals surface area contributed by atoms with E-state index in [9.17, 15) is 4.79 Å². The van der Waals surface area contributed by atoms with E-state index in [1.807, 2.05) is 0 Å². The predicted molar refractivity (Wildman–Crippen MR) is 120 cm³/mol. The van der Waals surface area contributed by atoms with E-state index in [1.54, 1.807) is 0 Å². The largest absolute Gasteiger partial charge is 0.466 e. The summed E-state index contributed by atoms with van der Waals surface area (Å²) in [7, 11) is 1.37. The number of rotatable bonds is 18. The van der Waals surface area contributed by atoms with Gasteiger partial charge in [-0.2, -0.15) is 0 Å². The maximum atomic E-state index is 11.2. The lowest BCUT2D eigenvalue weighted by Gasteiger charge is -2.16. The first-order valence-electron chi connectivity index (χ1n) is 11.6. The van der Waals surface area contributed by atoms with Crippen molar-refractivity contribution in [3.05, 3.63) is 12.2 Å². The molecule has 0 saturated carbocycles. The Morgan fingerprint density at radius 1 is 0.750 bits per heavy atom. The van der Waals surface area contributed by atoms with E-state index < -0.39 is 0 Å². The lowest BCUT2D eigenvalue weighted by Crippen LogP contribution is -2.11. The average molecular weight is 397 g/mol. The molecular weight excluding hydrogens is 348 g/mol. The highest BCUT2D eigenvalue weighted by Crippen LogP contribution is 2.22. The number of ether oxygens (including phenoxy) is 2. The zero-order valence-corrected chi connectivity index (χ0v) is 19.7. The van der Waals surface area contributed by atoms with Crippen molar-refractivity contribution >= 4 is 5.97 Å². The normalized spacial score (nSPS) is 14.7. The molecule has 0 amide bonds. The SMILES string of the molecule is C=C(COCCC(C)CCCC(C)CCCC(C)CCCC(C)C)C(=O)OC. The second-order valence-electron chi connectivity index (χ2n) is 9.44. The molecule has 0 heterocycles. The average Bonchev–Trinajstić information content (AvgIpc) is 2.64. The Hall–Kier alpha value is -0.830. The Morgan fingerprint density at radius 2 is 1.18 bits per heavy atom. The van der Waals surface area contributed by atoms with Gasteiger partial charge in [0.15, 0.2) is 0 Å². The van der Waals surface area contributed by atoms with Crippen LogP contribution in [0.4, 0.5) is 0 Å². The quantitative estimate of drug-likeness (QED) is 0.140. The Morgan fingerprint density at radius 3 is 1.61 bits per heavy atom. The Balaban J connectivity index is 3.60. The summed E-state index contributed by atoms with van der Waals surface area (Å²) in [4.78, 5) is 11.2. The molecule has 0 rings (SSSR count). The van der Waals surface area contributed by atoms with E-state index in [2.05, 4.69) is 45.9 Å². The number of carbonyl (C=O) groups is 1. The molecule has 0 aromatic carbocycles. The van der Waals surface area contributed by atoms with Crippen LogP contribution in [-0.2, 0) is 14.3 Å². The fourth-order valence-electron chi connectivity index (χ4n) is 3.62.